The van der Waals surface area contributed by atoms with E-state index in [-0.39, 0.29) is 6.61 Å². The lowest BCUT2D eigenvalue weighted by atomic mass is 10.1. The van der Waals surface area contributed by atoms with Crippen molar-refractivity contribution in [2.45, 2.75) is 37.2 Å². The van der Waals surface area contributed by atoms with Crippen LogP contribution in [0, 0.1) is 0 Å². The number of aliphatic hydroxyl groups is 1. The van der Waals surface area contributed by atoms with E-state index >= 15 is 0 Å². The Labute approximate surface area is 138 Å². The largest absolute Gasteiger partial charge is 0.396 e. The van der Waals surface area contributed by atoms with Crippen molar-refractivity contribution in [3.8, 4) is 0 Å². The van der Waals surface area contributed by atoms with Gasteiger partial charge in [0.05, 0.1) is 18.1 Å². The minimum atomic E-state index is -3.42. The summed E-state index contributed by atoms with van der Waals surface area (Å²) in [7, 11) is -3.42. The van der Waals surface area contributed by atoms with Crippen molar-refractivity contribution in [2.75, 3.05) is 32.9 Å². The van der Waals surface area contributed by atoms with Gasteiger partial charge in [-0.25, -0.2) is 8.42 Å². The monoisotopic (exact) mass is 342 g/mol. The summed E-state index contributed by atoms with van der Waals surface area (Å²) in [6, 6.07) is 7.34. The summed E-state index contributed by atoms with van der Waals surface area (Å²) in [5.41, 5.74) is 1.04. The van der Waals surface area contributed by atoms with E-state index in [4.69, 9.17) is 9.84 Å². The van der Waals surface area contributed by atoms with Crippen molar-refractivity contribution in [1.29, 1.82) is 0 Å². The van der Waals surface area contributed by atoms with E-state index in [2.05, 4.69) is 12.2 Å². The first kappa shape index (κ1) is 18.4. The molecule has 0 radical (unpaired) electrons. The number of hydrogen-bond donors (Lipinski definition) is 2. The fourth-order valence-electron chi connectivity index (χ4n) is 2.51. The third kappa shape index (κ3) is 5.26. The van der Waals surface area contributed by atoms with Gasteiger partial charge in [0.25, 0.3) is 0 Å². The normalized spacial score (nSPS) is 18.0. The number of sulfonamides is 1. The van der Waals surface area contributed by atoms with Gasteiger partial charge in [0, 0.05) is 32.3 Å². The summed E-state index contributed by atoms with van der Waals surface area (Å²) in [6.07, 6.45) is 1.70. The maximum absolute atomic E-state index is 12.5. The molecule has 1 aliphatic rings. The number of morpholine rings is 1. The third-order valence-corrected chi connectivity index (χ3v) is 5.89. The average Bonchev–Trinajstić information content (AvgIpc) is 2.59. The Morgan fingerprint density at radius 2 is 1.91 bits per heavy atom. The first-order valence-electron chi connectivity index (χ1n) is 8.05. The first-order valence-corrected chi connectivity index (χ1v) is 9.49. The molecule has 1 atom stereocenters. The van der Waals surface area contributed by atoms with E-state index in [1.165, 1.54) is 4.31 Å². The van der Waals surface area contributed by atoms with Crippen LogP contribution in [0.5, 0.6) is 0 Å². The number of nitrogens with zero attached hydrogens (tertiary/aromatic N) is 1. The second-order valence-electron chi connectivity index (χ2n) is 5.81. The molecule has 0 aromatic heterocycles. The lowest BCUT2D eigenvalue weighted by molar-refractivity contribution is 0.0730. The molecule has 1 saturated heterocycles. The zero-order valence-corrected chi connectivity index (χ0v) is 14.4. The van der Waals surface area contributed by atoms with Crippen LogP contribution in [0.4, 0.5) is 0 Å². The number of hydrogen-bond acceptors (Lipinski definition) is 5. The topological polar surface area (TPSA) is 78.9 Å². The predicted octanol–water partition coefficient (Wildman–Crippen LogP) is 0.958. The van der Waals surface area contributed by atoms with Crippen LogP contribution < -0.4 is 5.32 Å². The van der Waals surface area contributed by atoms with E-state index in [9.17, 15) is 8.42 Å². The molecule has 0 aliphatic carbocycles. The standard InChI is InChI=1S/C16H26N2O4S/c1-14(3-2-10-19)17-13-15-4-6-16(7-5-15)23(20,21)18-8-11-22-12-9-18/h4-7,14,17,19H,2-3,8-13H2,1H3. The lowest BCUT2D eigenvalue weighted by Gasteiger charge is -2.26. The fourth-order valence-corrected chi connectivity index (χ4v) is 3.91. The van der Waals surface area contributed by atoms with E-state index in [1.54, 1.807) is 12.1 Å². The summed E-state index contributed by atoms with van der Waals surface area (Å²) in [5.74, 6) is 0. The maximum atomic E-state index is 12.5. The molecule has 0 spiro atoms. The van der Waals surface area contributed by atoms with Crippen LogP contribution in [0.3, 0.4) is 0 Å². The summed E-state index contributed by atoms with van der Waals surface area (Å²) < 4.78 is 31.7. The first-order chi connectivity index (χ1) is 11.0. The molecular weight excluding hydrogens is 316 g/mol. The van der Waals surface area contributed by atoms with Crippen LogP contribution in [0.1, 0.15) is 25.3 Å². The van der Waals surface area contributed by atoms with Crippen LogP contribution in [0.15, 0.2) is 29.2 Å². The van der Waals surface area contributed by atoms with Gasteiger partial charge in [-0.15, -0.1) is 0 Å². The molecule has 23 heavy (non-hydrogen) atoms. The lowest BCUT2D eigenvalue weighted by Crippen LogP contribution is -2.40. The van der Waals surface area contributed by atoms with E-state index in [1.807, 2.05) is 12.1 Å². The van der Waals surface area contributed by atoms with Gasteiger partial charge in [-0.05, 0) is 37.5 Å². The number of nitrogens with one attached hydrogen (secondary N) is 1. The van der Waals surface area contributed by atoms with Crippen LogP contribution in [-0.2, 0) is 21.3 Å². The van der Waals surface area contributed by atoms with Gasteiger partial charge in [-0.1, -0.05) is 12.1 Å². The molecule has 2 rings (SSSR count). The molecule has 0 saturated carbocycles. The summed E-state index contributed by atoms with van der Waals surface area (Å²) in [5, 5.41) is 12.2. The maximum Gasteiger partial charge on any atom is 0.243 e. The van der Waals surface area contributed by atoms with Crippen LogP contribution in [0.25, 0.3) is 0 Å². The van der Waals surface area contributed by atoms with Gasteiger partial charge >= 0.3 is 0 Å². The highest BCUT2D eigenvalue weighted by Gasteiger charge is 2.25. The smallest absolute Gasteiger partial charge is 0.243 e. The van der Waals surface area contributed by atoms with Crippen molar-refractivity contribution in [2.24, 2.45) is 0 Å². The summed E-state index contributed by atoms with van der Waals surface area (Å²) in [6.45, 7) is 4.69. The van der Waals surface area contributed by atoms with Gasteiger partial charge in [0.15, 0.2) is 0 Å². The van der Waals surface area contributed by atoms with Crippen LogP contribution in [-0.4, -0.2) is 56.8 Å². The van der Waals surface area contributed by atoms with Crippen molar-refractivity contribution < 1.29 is 18.3 Å². The van der Waals surface area contributed by atoms with Gasteiger partial charge in [0.2, 0.25) is 10.0 Å². The van der Waals surface area contributed by atoms with Crippen molar-refractivity contribution in [3.05, 3.63) is 29.8 Å². The molecule has 1 fully saturated rings. The Balaban J connectivity index is 1.93. The number of aliphatic hydroxyl groups excluding tert-OH is 1. The van der Waals surface area contributed by atoms with Crippen molar-refractivity contribution in [3.63, 3.8) is 0 Å². The van der Waals surface area contributed by atoms with Crippen molar-refractivity contribution >= 4 is 10.0 Å². The second kappa shape index (κ2) is 8.75. The average molecular weight is 342 g/mol. The molecule has 130 valence electrons. The highest BCUT2D eigenvalue weighted by molar-refractivity contribution is 7.89. The molecule has 6 nitrogen and oxygen atoms in total. The highest BCUT2D eigenvalue weighted by Crippen LogP contribution is 2.17. The second-order valence-corrected chi connectivity index (χ2v) is 7.75. The zero-order chi connectivity index (χ0) is 16.7. The summed E-state index contributed by atoms with van der Waals surface area (Å²) in [4.78, 5) is 0.330. The molecule has 0 bridgehead atoms. The number of rotatable bonds is 8. The Kier molecular flexibility index (Phi) is 6.98. The van der Waals surface area contributed by atoms with E-state index < -0.39 is 10.0 Å². The molecule has 1 aliphatic heterocycles. The molecule has 7 heteroatoms. The predicted molar refractivity (Wildman–Crippen MR) is 88.6 cm³/mol. The Bertz CT molecular complexity index is 568. The SMILES string of the molecule is CC(CCCO)NCc1ccc(S(=O)(=O)N2CCOCC2)cc1. The van der Waals surface area contributed by atoms with Gasteiger partial charge in [-0.2, -0.15) is 4.31 Å². The van der Waals surface area contributed by atoms with E-state index in [0.29, 0.717) is 43.8 Å². The molecule has 1 aromatic carbocycles. The quantitative estimate of drug-likeness (QED) is 0.736. The zero-order valence-electron chi connectivity index (χ0n) is 13.6. The Hall–Kier alpha value is -0.990. The molecule has 1 aromatic rings. The molecular formula is C16H26N2O4S. The molecule has 2 N–H and O–H groups in total. The van der Waals surface area contributed by atoms with Crippen LogP contribution >= 0.6 is 0 Å². The molecule has 1 heterocycles. The van der Waals surface area contributed by atoms with Crippen LogP contribution in [0.2, 0.25) is 0 Å². The minimum absolute atomic E-state index is 0.208. The van der Waals surface area contributed by atoms with Gasteiger partial charge in [-0.3, -0.25) is 0 Å². The number of ether oxygens (including phenoxy) is 1. The van der Waals surface area contributed by atoms with Crippen molar-refractivity contribution in [1.82, 2.24) is 9.62 Å². The number of benzene rings is 1. The highest BCUT2D eigenvalue weighted by atomic mass is 32.2. The third-order valence-electron chi connectivity index (χ3n) is 3.98. The molecule has 1 unspecified atom stereocenters. The Morgan fingerprint density at radius 1 is 1.26 bits per heavy atom. The Morgan fingerprint density at radius 3 is 2.52 bits per heavy atom. The summed E-state index contributed by atoms with van der Waals surface area (Å²) >= 11 is 0. The van der Waals surface area contributed by atoms with Gasteiger partial charge in [0.1, 0.15) is 0 Å². The molecule has 0 amide bonds. The fraction of sp³-hybridized carbons (Fsp3) is 0.625. The van der Waals surface area contributed by atoms with E-state index in [0.717, 1.165) is 18.4 Å². The van der Waals surface area contributed by atoms with Gasteiger partial charge < -0.3 is 15.2 Å². The minimum Gasteiger partial charge on any atom is -0.396 e.